The molecule has 0 radical (unpaired) electrons. The first kappa shape index (κ1) is 12.7. The van der Waals surface area contributed by atoms with E-state index in [0.29, 0.717) is 4.83 Å². The molecule has 0 amide bonds. The summed E-state index contributed by atoms with van der Waals surface area (Å²) < 4.78 is 26.4. The number of rotatable bonds is 2. The Labute approximate surface area is 108 Å². The predicted octanol–water partition coefficient (Wildman–Crippen LogP) is 3.50. The number of aromatic nitrogens is 1. The third-order valence-corrected chi connectivity index (χ3v) is 4.34. The zero-order valence-electron chi connectivity index (χ0n) is 9.67. The first-order valence-corrected chi connectivity index (χ1v) is 6.69. The Balaban J connectivity index is 2.20. The maximum absolute atomic E-state index is 13.6. The molecule has 2 unspecified atom stereocenters. The van der Waals surface area contributed by atoms with Crippen molar-refractivity contribution in [2.45, 2.75) is 36.6 Å². The highest BCUT2D eigenvalue weighted by Gasteiger charge is 2.28. The maximum Gasteiger partial charge on any atom is 0.168 e. The van der Waals surface area contributed by atoms with Gasteiger partial charge < -0.3 is 4.90 Å². The molecule has 2 rings (SSSR count). The molecule has 0 aromatic carbocycles. The van der Waals surface area contributed by atoms with Crippen molar-refractivity contribution in [2.75, 3.05) is 11.9 Å². The summed E-state index contributed by atoms with van der Waals surface area (Å²) in [5.41, 5.74) is 0. The van der Waals surface area contributed by atoms with Gasteiger partial charge in [0.2, 0.25) is 0 Å². The van der Waals surface area contributed by atoms with Gasteiger partial charge in [-0.1, -0.05) is 28.8 Å². The summed E-state index contributed by atoms with van der Waals surface area (Å²) in [5, 5.41) is 0. The van der Waals surface area contributed by atoms with Crippen LogP contribution in [0.3, 0.4) is 0 Å². The van der Waals surface area contributed by atoms with Crippen LogP contribution in [0.25, 0.3) is 0 Å². The lowest BCUT2D eigenvalue weighted by Crippen LogP contribution is -2.41. The summed E-state index contributed by atoms with van der Waals surface area (Å²) in [7, 11) is 1.81. The Hall–Kier alpha value is -0.710. The average molecular weight is 305 g/mol. The van der Waals surface area contributed by atoms with Crippen molar-refractivity contribution in [2.24, 2.45) is 0 Å². The van der Waals surface area contributed by atoms with E-state index < -0.39 is 11.6 Å². The molecule has 1 aromatic heterocycles. The Morgan fingerprint density at radius 2 is 2.06 bits per heavy atom. The maximum atomic E-state index is 13.6. The molecule has 5 heteroatoms. The molecule has 1 aromatic rings. The molecule has 94 valence electrons. The Bertz CT molecular complexity index is 400. The molecule has 0 aliphatic heterocycles. The summed E-state index contributed by atoms with van der Waals surface area (Å²) in [4.78, 5) is 6.00. The van der Waals surface area contributed by atoms with E-state index in [1.165, 1.54) is 6.42 Å². The molecule has 1 aliphatic carbocycles. The SMILES string of the molecule is CN(c1ncc(F)cc1F)C1CCCCC1Br. The quantitative estimate of drug-likeness (QED) is 0.777. The van der Waals surface area contributed by atoms with Crippen molar-refractivity contribution in [3.63, 3.8) is 0 Å². The summed E-state index contributed by atoms with van der Waals surface area (Å²) in [5.74, 6) is -1.01. The van der Waals surface area contributed by atoms with Gasteiger partial charge in [0.1, 0.15) is 5.82 Å². The first-order valence-electron chi connectivity index (χ1n) is 5.77. The average Bonchev–Trinajstić information content (AvgIpc) is 2.29. The number of hydrogen-bond acceptors (Lipinski definition) is 2. The number of halogens is 3. The Morgan fingerprint density at radius 3 is 2.71 bits per heavy atom. The first-order chi connectivity index (χ1) is 8.09. The predicted molar refractivity (Wildman–Crippen MR) is 67.5 cm³/mol. The monoisotopic (exact) mass is 304 g/mol. The van der Waals surface area contributed by atoms with Crippen LogP contribution in [0, 0.1) is 11.6 Å². The van der Waals surface area contributed by atoms with Crippen LogP contribution < -0.4 is 4.90 Å². The molecule has 1 fully saturated rings. The smallest absolute Gasteiger partial charge is 0.168 e. The summed E-state index contributed by atoms with van der Waals surface area (Å²) >= 11 is 3.63. The molecular formula is C12H15BrF2N2. The second kappa shape index (κ2) is 5.29. The zero-order valence-corrected chi connectivity index (χ0v) is 11.3. The van der Waals surface area contributed by atoms with Gasteiger partial charge >= 0.3 is 0 Å². The van der Waals surface area contributed by atoms with Gasteiger partial charge in [0.25, 0.3) is 0 Å². The molecule has 0 spiro atoms. The second-order valence-corrected chi connectivity index (χ2v) is 5.61. The number of alkyl halides is 1. The van der Waals surface area contributed by atoms with E-state index in [1.807, 2.05) is 11.9 Å². The highest BCUT2D eigenvalue weighted by atomic mass is 79.9. The minimum atomic E-state index is -0.640. The number of nitrogens with zero attached hydrogens (tertiary/aromatic N) is 2. The van der Waals surface area contributed by atoms with E-state index in [0.717, 1.165) is 31.5 Å². The standard InChI is InChI=1S/C12H15BrF2N2/c1-17(11-5-3-2-4-9(11)13)12-10(15)6-8(14)7-16-12/h6-7,9,11H,2-5H2,1H3. The van der Waals surface area contributed by atoms with Crippen molar-refractivity contribution in [1.29, 1.82) is 0 Å². The molecule has 17 heavy (non-hydrogen) atoms. The lowest BCUT2D eigenvalue weighted by Gasteiger charge is -2.35. The molecular weight excluding hydrogens is 290 g/mol. The molecule has 1 saturated carbocycles. The van der Waals surface area contributed by atoms with Crippen LogP contribution in [0.15, 0.2) is 12.3 Å². The van der Waals surface area contributed by atoms with E-state index >= 15 is 0 Å². The lowest BCUT2D eigenvalue weighted by atomic mass is 9.94. The fourth-order valence-corrected chi connectivity index (χ4v) is 3.27. The minimum Gasteiger partial charge on any atom is -0.353 e. The molecule has 1 heterocycles. The van der Waals surface area contributed by atoms with Gasteiger partial charge in [-0.2, -0.15) is 0 Å². The molecule has 1 aliphatic rings. The third-order valence-electron chi connectivity index (χ3n) is 3.27. The summed E-state index contributed by atoms with van der Waals surface area (Å²) in [6.07, 6.45) is 5.48. The van der Waals surface area contributed by atoms with E-state index in [2.05, 4.69) is 20.9 Å². The van der Waals surface area contributed by atoms with Crippen molar-refractivity contribution in [3.05, 3.63) is 23.9 Å². The van der Waals surface area contributed by atoms with Gasteiger partial charge in [0.15, 0.2) is 11.6 Å². The van der Waals surface area contributed by atoms with Crippen molar-refractivity contribution >= 4 is 21.7 Å². The van der Waals surface area contributed by atoms with Crippen LogP contribution in [0.5, 0.6) is 0 Å². The number of pyridine rings is 1. The van der Waals surface area contributed by atoms with Gasteiger partial charge in [0.05, 0.1) is 6.20 Å². The van der Waals surface area contributed by atoms with Crippen LogP contribution in [0.2, 0.25) is 0 Å². The van der Waals surface area contributed by atoms with Gasteiger partial charge in [-0.15, -0.1) is 0 Å². The Kier molecular flexibility index (Phi) is 3.97. The molecule has 0 saturated heterocycles. The highest BCUT2D eigenvalue weighted by Crippen LogP contribution is 2.30. The number of hydrogen-bond donors (Lipinski definition) is 0. The normalized spacial score (nSPS) is 24.7. The van der Waals surface area contributed by atoms with Crippen LogP contribution in [0.1, 0.15) is 25.7 Å². The van der Waals surface area contributed by atoms with E-state index in [4.69, 9.17) is 0 Å². The van der Waals surface area contributed by atoms with E-state index in [-0.39, 0.29) is 11.9 Å². The summed E-state index contributed by atoms with van der Waals surface area (Å²) in [6.45, 7) is 0. The van der Waals surface area contributed by atoms with Crippen molar-refractivity contribution in [1.82, 2.24) is 4.98 Å². The summed E-state index contributed by atoms with van der Waals surface area (Å²) in [6, 6.07) is 1.10. The van der Waals surface area contributed by atoms with Gasteiger partial charge in [-0.05, 0) is 12.8 Å². The highest BCUT2D eigenvalue weighted by molar-refractivity contribution is 9.09. The van der Waals surface area contributed by atoms with Gasteiger partial charge in [-0.3, -0.25) is 0 Å². The molecule has 0 bridgehead atoms. The van der Waals surface area contributed by atoms with Gasteiger partial charge in [0, 0.05) is 24.0 Å². The van der Waals surface area contributed by atoms with Crippen LogP contribution in [0.4, 0.5) is 14.6 Å². The van der Waals surface area contributed by atoms with Crippen molar-refractivity contribution in [3.8, 4) is 0 Å². The lowest BCUT2D eigenvalue weighted by molar-refractivity contribution is 0.437. The number of anilines is 1. The molecule has 0 N–H and O–H groups in total. The Morgan fingerprint density at radius 1 is 1.35 bits per heavy atom. The van der Waals surface area contributed by atoms with E-state index in [1.54, 1.807) is 0 Å². The zero-order chi connectivity index (χ0) is 12.4. The molecule has 2 nitrogen and oxygen atoms in total. The minimum absolute atomic E-state index is 0.219. The van der Waals surface area contributed by atoms with Crippen LogP contribution in [-0.4, -0.2) is 22.9 Å². The molecule has 2 atom stereocenters. The van der Waals surface area contributed by atoms with Gasteiger partial charge in [-0.25, -0.2) is 13.8 Å². The fraction of sp³-hybridized carbons (Fsp3) is 0.583. The second-order valence-electron chi connectivity index (χ2n) is 4.44. The third kappa shape index (κ3) is 2.76. The van der Waals surface area contributed by atoms with Crippen molar-refractivity contribution < 1.29 is 8.78 Å². The fourth-order valence-electron chi connectivity index (χ4n) is 2.33. The topological polar surface area (TPSA) is 16.1 Å². The van der Waals surface area contributed by atoms with Crippen LogP contribution in [-0.2, 0) is 0 Å². The van der Waals surface area contributed by atoms with Crippen LogP contribution >= 0.6 is 15.9 Å². The largest absolute Gasteiger partial charge is 0.353 e. The van der Waals surface area contributed by atoms with E-state index in [9.17, 15) is 8.78 Å².